The largest absolute Gasteiger partial charge is 0.497 e. The van der Waals surface area contributed by atoms with Crippen LogP contribution >= 0.6 is 0 Å². The lowest BCUT2D eigenvalue weighted by atomic mass is 10.2. The molecule has 0 spiro atoms. The summed E-state index contributed by atoms with van der Waals surface area (Å²) >= 11 is 0. The van der Waals surface area contributed by atoms with E-state index in [-0.39, 0.29) is 11.5 Å². The second kappa shape index (κ2) is 5.69. The van der Waals surface area contributed by atoms with Crippen LogP contribution in [0.3, 0.4) is 0 Å². The quantitative estimate of drug-likeness (QED) is 0.658. The van der Waals surface area contributed by atoms with Crippen LogP contribution in [0.2, 0.25) is 0 Å². The number of nitrogen functional groups attached to an aromatic ring is 1. The molecule has 1 aromatic carbocycles. The molecular weight excluding hydrogens is 266 g/mol. The summed E-state index contributed by atoms with van der Waals surface area (Å²) in [5.41, 5.74) is 9.79. The number of anilines is 1. The van der Waals surface area contributed by atoms with Crippen molar-refractivity contribution in [3.63, 3.8) is 0 Å². The number of nitrogens with two attached hydrogens (primary N) is 1. The molecule has 4 N–H and O–H groups in total. The summed E-state index contributed by atoms with van der Waals surface area (Å²) in [4.78, 5) is 23.4. The van der Waals surface area contributed by atoms with E-state index in [9.17, 15) is 9.59 Å². The van der Waals surface area contributed by atoms with E-state index in [1.165, 1.54) is 13.2 Å². The number of hydrogen-bond donors (Lipinski definition) is 3. The highest BCUT2D eigenvalue weighted by molar-refractivity contribution is 6.00. The zero-order valence-corrected chi connectivity index (χ0v) is 10.4. The van der Waals surface area contributed by atoms with Gasteiger partial charge in [-0.3, -0.25) is 20.4 Å². The molecule has 9 heteroatoms. The maximum atomic E-state index is 11.8. The number of carbonyl (C=O) groups excluding carboxylic acids is 2. The number of rotatable bonds is 3. The molecule has 2 amide bonds. The third kappa shape index (κ3) is 2.83. The number of amides is 2. The molecule has 0 saturated heterocycles. The minimum atomic E-state index is -0.736. The van der Waals surface area contributed by atoms with E-state index in [0.717, 1.165) is 0 Å². The number of ether oxygens (including phenoxy) is 1. The average Bonchev–Trinajstić information content (AvgIpc) is 2.90. The minimum absolute atomic E-state index is 0.168. The maximum absolute atomic E-state index is 11.8. The highest BCUT2D eigenvalue weighted by atomic mass is 16.6. The second-order valence-electron chi connectivity index (χ2n) is 3.64. The van der Waals surface area contributed by atoms with Gasteiger partial charge in [0.15, 0.2) is 0 Å². The van der Waals surface area contributed by atoms with Gasteiger partial charge in [0.2, 0.25) is 11.5 Å². The molecule has 2 rings (SSSR count). The molecule has 0 saturated carbocycles. The third-order valence-corrected chi connectivity index (χ3v) is 2.35. The summed E-state index contributed by atoms with van der Waals surface area (Å²) < 4.78 is 9.26. The van der Waals surface area contributed by atoms with Gasteiger partial charge in [0.05, 0.1) is 7.11 Å². The van der Waals surface area contributed by atoms with Gasteiger partial charge in [0.1, 0.15) is 5.75 Å². The van der Waals surface area contributed by atoms with Crippen molar-refractivity contribution in [2.24, 2.45) is 0 Å². The number of aromatic nitrogens is 2. The Hall–Kier alpha value is -3.10. The van der Waals surface area contributed by atoms with Crippen molar-refractivity contribution in [2.75, 3.05) is 12.8 Å². The van der Waals surface area contributed by atoms with Gasteiger partial charge in [-0.05, 0) is 28.5 Å². The Morgan fingerprint density at radius 2 is 2.00 bits per heavy atom. The predicted molar refractivity (Wildman–Crippen MR) is 66.6 cm³/mol. The Morgan fingerprint density at radius 1 is 1.25 bits per heavy atom. The maximum Gasteiger partial charge on any atom is 0.295 e. The van der Waals surface area contributed by atoms with Crippen molar-refractivity contribution in [1.29, 1.82) is 0 Å². The predicted octanol–water partition coefficient (Wildman–Crippen LogP) is -0.265. The third-order valence-electron chi connectivity index (χ3n) is 2.35. The van der Waals surface area contributed by atoms with Crippen LogP contribution in [0.4, 0.5) is 5.82 Å². The fourth-order valence-corrected chi connectivity index (χ4v) is 1.36. The zero-order chi connectivity index (χ0) is 14.5. The van der Waals surface area contributed by atoms with E-state index in [1.54, 1.807) is 18.2 Å². The first-order valence-corrected chi connectivity index (χ1v) is 5.44. The van der Waals surface area contributed by atoms with Crippen LogP contribution in [0.5, 0.6) is 5.75 Å². The molecular formula is C11H11N5O4. The van der Waals surface area contributed by atoms with E-state index in [2.05, 4.69) is 25.8 Å². The number of carbonyl (C=O) groups is 2. The smallest absolute Gasteiger partial charge is 0.295 e. The van der Waals surface area contributed by atoms with E-state index < -0.39 is 11.8 Å². The van der Waals surface area contributed by atoms with Crippen LogP contribution in [0.25, 0.3) is 0 Å². The van der Waals surface area contributed by atoms with Crippen molar-refractivity contribution >= 4 is 17.6 Å². The SMILES string of the molecule is COc1cccc(C(=O)NNC(=O)c2nonc2N)c1. The van der Waals surface area contributed by atoms with E-state index >= 15 is 0 Å². The summed E-state index contributed by atoms with van der Waals surface area (Å²) in [7, 11) is 1.49. The Morgan fingerprint density at radius 3 is 2.65 bits per heavy atom. The first-order chi connectivity index (χ1) is 9.61. The van der Waals surface area contributed by atoms with E-state index in [1.807, 2.05) is 0 Å². The zero-order valence-electron chi connectivity index (χ0n) is 10.4. The number of methoxy groups -OCH3 is 1. The number of nitrogens with one attached hydrogen (secondary N) is 2. The normalized spacial score (nSPS) is 9.85. The second-order valence-corrected chi connectivity index (χ2v) is 3.64. The number of hydrazine groups is 1. The summed E-state index contributed by atoms with van der Waals surface area (Å²) in [6, 6.07) is 6.43. The Labute approximate surface area is 113 Å². The summed E-state index contributed by atoms with van der Waals surface area (Å²) in [6.45, 7) is 0. The van der Waals surface area contributed by atoms with Crippen LogP contribution in [0.15, 0.2) is 28.9 Å². The highest BCUT2D eigenvalue weighted by Gasteiger charge is 2.16. The lowest BCUT2D eigenvalue weighted by Gasteiger charge is -2.07. The van der Waals surface area contributed by atoms with E-state index in [4.69, 9.17) is 10.5 Å². The Balaban J connectivity index is 1.98. The van der Waals surface area contributed by atoms with Gasteiger partial charge >= 0.3 is 0 Å². The molecule has 0 fully saturated rings. The average molecular weight is 277 g/mol. The van der Waals surface area contributed by atoms with E-state index in [0.29, 0.717) is 11.3 Å². The number of benzene rings is 1. The van der Waals surface area contributed by atoms with Gasteiger partial charge in [-0.2, -0.15) is 0 Å². The molecule has 0 atom stereocenters. The molecule has 2 aromatic rings. The van der Waals surface area contributed by atoms with Crippen LogP contribution in [-0.2, 0) is 0 Å². The molecule has 20 heavy (non-hydrogen) atoms. The number of nitrogens with zero attached hydrogens (tertiary/aromatic N) is 2. The van der Waals surface area contributed by atoms with Crippen LogP contribution in [0.1, 0.15) is 20.8 Å². The fraction of sp³-hybridized carbons (Fsp3) is 0.0909. The Kier molecular flexibility index (Phi) is 3.80. The van der Waals surface area contributed by atoms with Gasteiger partial charge < -0.3 is 10.5 Å². The van der Waals surface area contributed by atoms with Crippen LogP contribution in [-0.4, -0.2) is 29.2 Å². The summed E-state index contributed by atoms with van der Waals surface area (Å²) in [5.74, 6) is -0.903. The Bertz CT molecular complexity index is 639. The van der Waals surface area contributed by atoms with Gasteiger partial charge in [-0.1, -0.05) is 6.07 Å². The molecule has 1 heterocycles. The molecule has 0 aliphatic rings. The van der Waals surface area contributed by atoms with Gasteiger partial charge in [0.25, 0.3) is 11.8 Å². The summed E-state index contributed by atoms with van der Waals surface area (Å²) in [6.07, 6.45) is 0. The van der Waals surface area contributed by atoms with Crippen molar-refractivity contribution < 1.29 is 19.0 Å². The van der Waals surface area contributed by atoms with Crippen molar-refractivity contribution in [3.05, 3.63) is 35.5 Å². The summed E-state index contributed by atoms with van der Waals surface area (Å²) in [5, 5.41) is 6.55. The number of hydrogen-bond acceptors (Lipinski definition) is 7. The molecule has 0 bridgehead atoms. The molecule has 0 unspecified atom stereocenters. The fourth-order valence-electron chi connectivity index (χ4n) is 1.36. The van der Waals surface area contributed by atoms with Crippen LogP contribution < -0.4 is 21.3 Å². The molecule has 9 nitrogen and oxygen atoms in total. The van der Waals surface area contributed by atoms with Crippen molar-refractivity contribution in [1.82, 2.24) is 21.2 Å². The standard InChI is InChI=1S/C11H11N5O4/c1-19-7-4-2-3-6(5-7)10(17)13-14-11(18)8-9(12)16-20-15-8/h2-5H,1H3,(H2,12,16)(H,13,17)(H,14,18). The molecule has 0 aliphatic carbocycles. The first-order valence-electron chi connectivity index (χ1n) is 5.44. The molecule has 0 radical (unpaired) electrons. The van der Waals surface area contributed by atoms with Crippen LogP contribution in [0, 0.1) is 0 Å². The molecule has 1 aromatic heterocycles. The van der Waals surface area contributed by atoms with Gasteiger partial charge in [0, 0.05) is 5.56 Å². The monoisotopic (exact) mass is 277 g/mol. The molecule has 104 valence electrons. The minimum Gasteiger partial charge on any atom is -0.497 e. The van der Waals surface area contributed by atoms with Crippen molar-refractivity contribution in [3.8, 4) is 5.75 Å². The molecule has 0 aliphatic heterocycles. The van der Waals surface area contributed by atoms with Gasteiger partial charge in [-0.15, -0.1) is 0 Å². The first kappa shape index (κ1) is 13.3. The van der Waals surface area contributed by atoms with Crippen molar-refractivity contribution in [2.45, 2.75) is 0 Å². The lowest BCUT2D eigenvalue weighted by Crippen LogP contribution is -2.42. The highest BCUT2D eigenvalue weighted by Crippen LogP contribution is 2.12. The lowest BCUT2D eigenvalue weighted by molar-refractivity contribution is 0.0841. The topological polar surface area (TPSA) is 132 Å². The van der Waals surface area contributed by atoms with Gasteiger partial charge in [-0.25, -0.2) is 4.63 Å².